The van der Waals surface area contributed by atoms with Gasteiger partial charge in [0, 0.05) is 42.0 Å². The number of piperazine rings is 1. The summed E-state index contributed by atoms with van der Waals surface area (Å²) in [7, 11) is 0. The standard InChI is InChI=1S/C35H34F3N5O2/c1-2-24-27(36)10-7-20-5-3-6-25(29(20)24)30-28(37)15-26-32(31(30)38)40-34(41-33(26)42-16-21-8-9-22(17-42)39-21)45-19-35-12-4-14-43(35)23(18-44)11-13-35/h1,3,5-7,10,15,21-23,39,44H,4,8-9,11-14,16-19H2/t21-,22+,23-,35-/m0/s1. The maximum absolute atomic E-state index is 16.8. The van der Waals surface area contributed by atoms with Gasteiger partial charge in [-0.15, -0.1) is 6.42 Å². The molecule has 0 aliphatic carbocycles. The number of nitrogens with one attached hydrogen (secondary N) is 1. The van der Waals surface area contributed by atoms with Crippen molar-refractivity contribution in [3.8, 4) is 29.5 Å². The lowest BCUT2D eigenvalue weighted by Crippen LogP contribution is -2.51. The Hall–Kier alpha value is -3.91. The van der Waals surface area contributed by atoms with Gasteiger partial charge >= 0.3 is 6.01 Å². The number of hydrogen-bond donors (Lipinski definition) is 2. The first kappa shape index (κ1) is 28.6. The summed E-state index contributed by atoms with van der Waals surface area (Å²) in [5.41, 5.74) is -0.516. The number of aliphatic hydroxyl groups is 1. The van der Waals surface area contributed by atoms with E-state index in [1.54, 1.807) is 24.3 Å². The van der Waals surface area contributed by atoms with Gasteiger partial charge in [-0.25, -0.2) is 13.2 Å². The van der Waals surface area contributed by atoms with Crippen molar-refractivity contribution in [1.29, 1.82) is 0 Å². The molecule has 4 aliphatic rings. The number of aromatic nitrogens is 2. The molecule has 0 unspecified atom stereocenters. The number of fused-ring (bicyclic) bond motifs is 5. The highest BCUT2D eigenvalue weighted by Gasteiger charge is 2.49. The number of aliphatic hydroxyl groups excluding tert-OH is 1. The lowest BCUT2D eigenvalue weighted by atomic mass is 9.93. The molecule has 4 atom stereocenters. The fourth-order valence-electron chi connectivity index (χ4n) is 8.39. The summed E-state index contributed by atoms with van der Waals surface area (Å²) in [5, 5.41) is 14.6. The lowest BCUT2D eigenvalue weighted by Gasteiger charge is -2.35. The first-order valence-electron chi connectivity index (χ1n) is 15.8. The molecule has 4 fully saturated rings. The van der Waals surface area contributed by atoms with Gasteiger partial charge in [0.25, 0.3) is 0 Å². The van der Waals surface area contributed by atoms with Crippen LogP contribution in [0, 0.1) is 29.8 Å². The van der Waals surface area contributed by atoms with Gasteiger partial charge < -0.3 is 20.1 Å². The normalized spacial score (nSPS) is 26.1. The lowest BCUT2D eigenvalue weighted by molar-refractivity contribution is 0.0644. The average Bonchev–Trinajstić information content (AvgIpc) is 3.72. The van der Waals surface area contributed by atoms with Crippen LogP contribution in [0.4, 0.5) is 19.0 Å². The summed E-state index contributed by atoms with van der Waals surface area (Å²) in [5.74, 6) is 0.487. The van der Waals surface area contributed by atoms with E-state index >= 15 is 8.78 Å². The third kappa shape index (κ3) is 4.55. The minimum absolute atomic E-state index is 0.0294. The van der Waals surface area contributed by atoms with Gasteiger partial charge in [0.2, 0.25) is 0 Å². The minimum atomic E-state index is -0.877. The molecule has 45 heavy (non-hydrogen) atoms. The number of anilines is 1. The van der Waals surface area contributed by atoms with Gasteiger partial charge in [0.15, 0.2) is 5.82 Å². The van der Waals surface area contributed by atoms with E-state index in [-0.39, 0.29) is 69.3 Å². The van der Waals surface area contributed by atoms with Crippen LogP contribution in [0.5, 0.6) is 6.01 Å². The van der Waals surface area contributed by atoms with Crippen molar-refractivity contribution in [3.63, 3.8) is 0 Å². The predicted molar refractivity (Wildman–Crippen MR) is 167 cm³/mol. The fourth-order valence-corrected chi connectivity index (χ4v) is 8.39. The second kappa shape index (κ2) is 10.9. The van der Waals surface area contributed by atoms with E-state index in [9.17, 15) is 9.50 Å². The van der Waals surface area contributed by atoms with E-state index in [0.29, 0.717) is 30.9 Å². The Bertz CT molecular complexity index is 1870. The van der Waals surface area contributed by atoms with E-state index in [4.69, 9.17) is 16.1 Å². The minimum Gasteiger partial charge on any atom is -0.461 e. The van der Waals surface area contributed by atoms with Gasteiger partial charge in [-0.1, -0.05) is 30.2 Å². The Morgan fingerprint density at radius 3 is 2.64 bits per heavy atom. The van der Waals surface area contributed by atoms with Gasteiger partial charge in [0.1, 0.15) is 29.6 Å². The van der Waals surface area contributed by atoms with Gasteiger partial charge in [-0.05, 0) is 68.2 Å². The smallest absolute Gasteiger partial charge is 0.319 e. The molecule has 232 valence electrons. The van der Waals surface area contributed by atoms with Crippen LogP contribution in [0.15, 0.2) is 36.4 Å². The second-order valence-corrected chi connectivity index (χ2v) is 13.0. The molecule has 0 spiro atoms. The molecular formula is C35H34F3N5O2. The molecule has 7 nitrogen and oxygen atoms in total. The van der Waals surface area contributed by atoms with E-state index in [2.05, 4.69) is 26.0 Å². The van der Waals surface area contributed by atoms with E-state index < -0.39 is 17.5 Å². The Balaban J connectivity index is 1.28. The summed E-state index contributed by atoms with van der Waals surface area (Å²) < 4.78 is 54.1. The van der Waals surface area contributed by atoms with E-state index in [0.717, 1.165) is 45.1 Å². The molecule has 4 saturated heterocycles. The maximum Gasteiger partial charge on any atom is 0.319 e. The van der Waals surface area contributed by atoms with Crippen molar-refractivity contribution in [2.45, 2.75) is 62.2 Å². The Labute approximate surface area is 259 Å². The Morgan fingerprint density at radius 1 is 1.04 bits per heavy atom. The third-order valence-corrected chi connectivity index (χ3v) is 10.5. The summed E-state index contributed by atoms with van der Waals surface area (Å²) in [6, 6.07) is 9.70. The molecule has 3 aromatic carbocycles. The fraction of sp³-hybridized carbons (Fsp3) is 0.429. The van der Waals surface area contributed by atoms with Crippen LogP contribution in [0.25, 0.3) is 32.8 Å². The van der Waals surface area contributed by atoms with Crippen LogP contribution in [0.2, 0.25) is 0 Å². The van der Waals surface area contributed by atoms with Gasteiger partial charge in [0.05, 0.1) is 23.3 Å². The molecule has 0 saturated carbocycles. The molecule has 0 radical (unpaired) electrons. The summed E-state index contributed by atoms with van der Waals surface area (Å²) in [6.07, 6.45) is 11.4. The Morgan fingerprint density at radius 2 is 1.87 bits per heavy atom. The molecule has 8 rings (SSSR count). The molecule has 2 bridgehead atoms. The van der Waals surface area contributed by atoms with Crippen molar-refractivity contribution < 1.29 is 23.0 Å². The Kier molecular flexibility index (Phi) is 6.89. The zero-order valence-electron chi connectivity index (χ0n) is 24.8. The van der Waals surface area contributed by atoms with Gasteiger partial charge in [-0.3, -0.25) is 4.90 Å². The van der Waals surface area contributed by atoms with Crippen LogP contribution >= 0.6 is 0 Å². The van der Waals surface area contributed by atoms with Crippen LogP contribution in [0.1, 0.15) is 44.1 Å². The highest BCUT2D eigenvalue weighted by atomic mass is 19.1. The van der Waals surface area contributed by atoms with Crippen molar-refractivity contribution in [1.82, 2.24) is 20.2 Å². The average molecular weight is 614 g/mol. The highest BCUT2D eigenvalue weighted by molar-refractivity contribution is 6.03. The van der Waals surface area contributed by atoms with E-state index in [1.807, 2.05) is 0 Å². The highest BCUT2D eigenvalue weighted by Crippen LogP contribution is 2.44. The molecule has 10 heteroatoms. The quantitative estimate of drug-likeness (QED) is 0.291. The number of rotatable bonds is 6. The van der Waals surface area contributed by atoms with Crippen LogP contribution in [-0.4, -0.2) is 76.5 Å². The zero-order chi connectivity index (χ0) is 30.9. The number of nitrogens with zero attached hydrogens (tertiary/aromatic N) is 4. The topological polar surface area (TPSA) is 73.8 Å². The monoisotopic (exact) mass is 613 g/mol. The third-order valence-electron chi connectivity index (χ3n) is 10.5. The molecule has 4 aromatic rings. The number of benzene rings is 3. The molecular weight excluding hydrogens is 579 g/mol. The van der Waals surface area contributed by atoms with Crippen molar-refractivity contribution in [2.75, 3.05) is 37.7 Å². The molecule has 1 aromatic heterocycles. The second-order valence-electron chi connectivity index (χ2n) is 13.0. The SMILES string of the molecule is C#Cc1c(F)ccc2cccc(-c3c(F)cc4c(N5C[C@H]6CC[C@@H](C5)N6)nc(OC[C@@]56CCCN5[C@H](CO)CC6)nc4c3F)c12. The first-order valence-corrected chi connectivity index (χ1v) is 15.8. The number of terminal acetylenes is 1. The molecule has 4 aliphatic heterocycles. The van der Waals surface area contributed by atoms with Crippen molar-refractivity contribution >= 4 is 27.5 Å². The van der Waals surface area contributed by atoms with Crippen LogP contribution in [0.3, 0.4) is 0 Å². The first-order chi connectivity index (χ1) is 21.9. The number of ether oxygens (including phenoxy) is 1. The molecule has 2 N–H and O–H groups in total. The van der Waals surface area contributed by atoms with Crippen molar-refractivity contribution in [3.05, 3.63) is 59.4 Å². The molecule has 0 amide bonds. The predicted octanol–water partition coefficient (Wildman–Crippen LogP) is 5.16. The van der Waals surface area contributed by atoms with Gasteiger partial charge in [-0.2, -0.15) is 9.97 Å². The largest absolute Gasteiger partial charge is 0.461 e. The van der Waals surface area contributed by atoms with Crippen molar-refractivity contribution in [2.24, 2.45) is 0 Å². The number of hydrogen-bond acceptors (Lipinski definition) is 7. The zero-order valence-corrected chi connectivity index (χ0v) is 24.8. The summed E-state index contributed by atoms with van der Waals surface area (Å²) in [4.78, 5) is 13.8. The number of halogens is 3. The van der Waals surface area contributed by atoms with Crippen LogP contribution in [-0.2, 0) is 0 Å². The maximum atomic E-state index is 16.8. The van der Waals surface area contributed by atoms with Crippen LogP contribution < -0.4 is 15.0 Å². The van der Waals surface area contributed by atoms with E-state index in [1.165, 1.54) is 12.1 Å². The summed E-state index contributed by atoms with van der Waals surface area (Å²) in [6.45, 7) is 2.60. The molecule has 5 heterocycles. The summed E-state index contributed by atoms with van der Waals surface area (Å²) >= 11 is 0.